The monoisotopic (exact) mass is 553 g/mol. The van der Waals surface area contributed by atoms with E-state index in [0.717, 1.165) is 17.4 Å². The van der Waals surface area contributed by atoms with Crippen molar-refractivity contribution in [3.8, 4) is 17.2 Å². The van der Waals surface area contributed by atoms with Gasteiger partial charge >= 0.3 is 11.7 Å². The predicted molar refractivity (Wildman–Crippen MR) is 144 cm³/mol. The van der Waals surface area contributed by atoms with Crippen molar-refractivity contribution in [1.82, 2.24) is 4.57 Å². The molecule has 0 saturated carbocycles. The molecule has 204 valence electrons. The lowest BCUT2D eigenvalue weighted by atomic mass is 9.96. The predicted octanol–water partition coefficient (Wildman–Crippen LogP) is 3.21. The van der Waals surface area contributed by atoms with Gasteiger partial charge in [-0.1, -0.05) is 23.5 Å². The van der Waals surface area contributed by atoms with Gasteiger partial charge in [0.15, 0.2) is 10.6 Å². The zero-order chi connectivity index (χ0) is 28.4. The van der Waals surface area contributed by atoms with Crippen LogP contribution in [0.1, 0.15) is 44.9 Å². The van der Waals surface area contributed by atoms with Gasteiger partial charge in [0.2, 0.25) is 5.75 Å². The number of benzene rings is 2. The van der Waals surface area contributed by atoms with E-state index in [-0.39, 0.29) is 34.1 Å². The maximum atomic E-state index is 13.8. The van der Waals surface area contributed by atoms with Crippen LogP contribution in [0.15, 0.2) is 57.5 Å². The fourth-order valence-electron chi connectivity index (χ4n) is 4.25. The number of hydrogen-bond acceptors (Lipinski definition) is 10. The number of nitrogens with zero attached hydrogens (tertiary/aromatic N) is 3. The quantitative estimate of drug-likeness (QED) is 0.255. The zero-order valence-electron chi connectivity index (χ0n) is 22.0. The number of thiazole rings is 1. The van der Waals surface area contributed by atoms with Gasteiger partial charge in [0.05, 0.1) is 46.6 Å². The highest BCUT2D eigenvalue weighted by Crippen LogP contribution is 2.37. The van der Waals surface area contributed by atoms with Crippen molar-refractivity contribution in [2.24, 2.45) is 4.99 Å². The Morgan fingerprint density at radius 2 is 1.97 bits per heavy atom. The van der Waals surface area contributed by atoms with E-state index in [2.05, 4.69) is 4.99 Å². The number of phenols is 1. The first-order valence-corrected chi connectivity index (χ1v) is 12.9. The summed E-state index contributed by atoms with van der Waals surface area (Å²) in [6.07, 6.45) is 1.43. The van der Waals surface area contributed by atoms with Gasteiger partial charge in [-0.15, -0.1) is 0 Å². The largest absolute Gasteiger partial charge is 0.500 e. The van der Waals surface area contributed by atoms with Crippen LogP contribution in [0.4, 0.5) is 5.69 Å². The van der Waals surface area contributed by atoms with Crippen LogP contribution in [-0.4, -0.2) is 40.4 Å². The van der Waals surface area contributed by atoms with Crippen molar-refractivity contribution < 1.29 is 29.0 Å². The van der Waals surface area contributed by atoms with Crippen LogP contribution in [0.2, 0.25) is 0 Å². The third kappa shape index (κ3) is 5.41. The Labute approximate surface area is 227 Å². The standard InChI is InChI=1S/C27H27N3O8S/c1-6-37-26(33)22-15(4)28-27-29(23(22)17-7-9-18(10-8-17)38-14(2)3)25(32)21(39-27)13-16-11-19(30(34)35)24(31)20(12-16)36-5/h7-14,23,31H,6H2,1-5H3/b21-13-/t23-/m1/s1. The number of nitro benzene ring substituents is 1. The normalized spacial score (nSPS) is 15.1. The van der Waals surface area contributed by atoms with Gasteiger partial charge in [-0.25, -0.2) is 9.79 Å². The lowest BCUT2D eigenvalue weighted by molar-refractivity contribution is -0.386. The molecule has 0 fully saturated rings. The topological polar surface area (TPSA) is 142 Å². The van der Waals surface area contributed by atoms with Crippen molar-refractivity contribution >= 4 is 29.1 Å². The molecular formula is C27H27N3O8S. The molecule has 1 aliphatic heterocycles. The number of rotatable bonds is 8. The van der Waals surface area contributed by atoms with Crippen LogP contribution >= 0.6 is 11.3 Å². The summed E-state index contributed by atoms with van der Waals surface area (Å²) in [5, 5.41) is 21.5. The number of fused-ring (bicyclic) bond motifs is 1. The summed E-state index contributed by atoms with van der Waals surface area (Å²) < 4.78 is 17.8. The van der Waals surface area contributed by atoms with Crippen molar-refractivity contribution in [3.63, 3.8) is 0 Å². The summed E-state index contributed by atoms with van der Waals surface area (Å²) in [5.41, 5.74) is 0.560. The molecule has 3 aromatic rings. The van der Waals surface area contributed by atoms with Crippen molar-refractivity contribution in [3.05, 3.63) is 88.6 Å². The van der Waals surface area contributed by atoms with E-state index in [9.17, 15) is 24.8 Å². The Bertz CT molecular complexity index is 1650. The van der Waals surface area contributed by atoms with Crippen LogP contribution in [0.25, 0.3) is 6.08 Å². The van der Waals surface area contributed by atoms with Gasteiger partial charge in [-0.2, -0.15) is 0 Å². The van der Waals surface area contributed by atoms with E-state index < -0.39 is 33.9 Å². The van der Waals surface area contributed by atoms with Crippen molar-refractivity contribution in [2.45, 2.75) is 39.8 Å². The highest BCUT2D eigenvalue weighted by atomic mass is 32.1. The van der Waals surface area contributed by atoms with Gasteiger partial charge in [-0.05, 0) is 63.1 Å². The zero-order valence-corrected chi connectivity index (χ0v) is 22.8. The summed E-state index contributed by atoms with van der Waals surface area (Å²) in [7, 11) is 1.27. The molecule has 39 heavy (non-hydrogen) atoms. The average molecular weight is 554 g/mol. The molecule has 2 heterocycles. The van der Waals surface area contributed by atoms with Crippen LogP contribution in [0.5, 0.6) is 17.2 Å². The summed E-state index contributed by atoms with van der Waals surface area (Å²) >= 11 is 1.07. The molecule has 12 heteroatoms. The van der Waals surface area contributed by atoms with E-state index in [1.807, 2.05) is 13.8 Å². The second kappa shape index (κ2) is 11.1. The number of hydrogen-bond donors (Lipinski definition) is 1. The molecule has 4 rings (SSSR count). The minimum absolute atomic E-state index is 0.0277. The number of ether oxygens (including phenoxy) is 3. The number of esters is 1. The molecule has 11 nitrogen and oxygen atoms in total. The van der Waals surface area contributed by atoms with Gasteiger partial charge in [0, 0.05) is 6.07 Å². The molecule has 0 amide bonds. The van der Waals surface area contributed by atoms with Crippen molar-refractivity contribution in [2.75, 3.05) is 13.7 Å². The molecule has 1 aliphatic rings. The molecule has 0 radical (unpaired) electrons. The van der Waals surface area contributed by atoms with Gasteiger partial charge < -0.3 is 19.3 Å². The number of nitro groups is 1. The Kier molecular flexibility index (Phi) is 7.86. The first kappa shape index (κ1) is 27.6. The molecular weight excluding hydrogens is 526 g/mol. The van der Waals surface area contributed by atoms with Crippen LogP contribution in [-0.2, 0) is 9.53 Å². The lowest BCUT2D eigenvalue weighted by Gasteiger charge is -2.25. The molecule has 0 aliphatic carbocycles. The Balaban J connectivity index is 1.92. The second-order valence-corrected chi connectivity index (χ2v) is 9.90. The van der Waals surface area contributed by atoms with Crippen LogP contribution < -0.4 is 24.4 Å². The smallest absolute Gasteiger partial charge is 0.338 e. The molecule has 1 aromatic heterocycles. The lowest BCUT2D eigenvalue weighted by Crippen LogP contribution is -2.39. The molecule has 0 saturated heterocycles. The van der Waals surface area contributed by atoms with Gasteiger partial charge in [-0.3, -0.25) is 19.5 Å². The molecule has 1 atom stereocenters. The number of aromatic nitrogens is 1. The van der Waals surface area contributed by atoms with Crippen LogP contribution in [0, 0.1) is 10.1 Å². The van der Waals surface area contributed by atoms with Gasteiger partial charge in [0.25, 0.3) is 5.56 Å². The number of carbonyl (C=O) groups excluding carboxylic acids is 1. The van der Waals surface area contributed by atoms with Gasteiger partial charge in [0.1, 0.15) is 5.75 Å². The summed E-state index contributed by atoms with van der Waals surface area (Å²) in [6, 6.07) is 8.82. The highest BCUT2D eigenvalue weighted by Gasteiger charge is 2.33. The average Bonchev–Trinajstić information content (AvgIpc) is 3.18. The SMILES string of the molecule is CCOC(=O)C1=C(C)N=c2s/c(=C\c3cc(OC)c(O)c([N+](=O)[O-])c3)c(=O)n2[C@@H]1c1ccc(OC(C)C)cc1. The number of aromatic hydroxyl groups is 1. The van der Waals surface area contributed by atoms with E-state index >= 15 is 0 Å². The minimum Gasteiger partial charge on any atom is -0.500 e. The fourth-order valence-corrected chi connectivity index (χ4v) is 5.30. The first-order valence-electron chi connectivity index (χ1n) is 12.1. The van der Waals surface area contributed by atoms with Crippen LogP contribution in [0.3, 0.4) is 0 Å². The Hall–Kier alpha value is -4.45. The number of methoxy groups -OCH3 is 1. The van der Waals surface area contributed by atoms with Crippen molar-refractivity contribution in [1.29, 1.82) is 0 Å². The third-order valence-corrected chi connectivity index (χ3v) is 6.86. The molecule has 0 spiro atoms. The van der Waals surface area contributed by atoms with E-state index in [0.29, 0.717) is 21.8 Å². The number of phenolic OH excluding ortho intramolecular Hbond substituents is 1. The Morgan fingerprint density at radius 3 is 2.56 bits per heavy atom. The second-order valence-electron chi connectivity index (χ2n) is 8.89. The highest BCUT2D eigenvalue weighted by molar-refractivity contribution is 7.07. The van der Waals surface area contributed by atoms with E-state index in [4.69, 9.17) is 14.2 Å². The minimum atomic E-state index is -0.820. The number of carbonyl (C=O) groups is 1. The molecule has 1 N–H and O–H groups in total. The van der Waals surface area contributed by atoms with E-state index in [1.165, 1.54) is 23.8 Å². The molecule has 0 unspecified atom stereocenters. The summed E-state index contributed by atoms with van der Waals surface area (Å²) in [4.78, 5) is 42.4. The first-order chi connectivity index (χ1) is 18.5. The Morgan fingerprint density at radius 1 is 1.28 bits per heavy atom. The maximum Gasteiger partial charge on any atom is 0.338 e. The third-order valence-electron chi connectivity index (χ3n) is 5.88. The maximum absolute atomic E-state index is 13.8. The molecule has 2 aromatic carbocycles. The fraction of sp³-hybridized carbons (Fsp3) is 0.296. The summed E-state index contributed by atoms with van der Waals surface area (Å²) in [5.74, 6) is -0.659. The molecule has 0 bridgehead atoms. The number of allylic oxidation sites excluding steroid dienone is 1. The summed E-state index contributed by atoms with van der Waals surface area (Å²) in [6.45, 7) is 7.35. The van der Waals surface area contributed by atoms with E-state index in [1.54, 1.807) is 38.1 Å².